The standard InChI is InChI=1S/C19H20N4O2/c24-19(25-14-15-8-2-1-3-9-15)22-13-7-6-12-18(22)23-17-11-5-4-10-16(17)20-21-23/h1-5,8-11,18H,6-7,12-14H2. The maximum Gasteiger partial charge on any atom is 0.411 e. The number of aromatic nitrogens is 3. The van der Waals surface area contributed by atoms with E-state index >= 15 is 0 Å². The molecule has 6 nitrogen and oxygen atoms in total. The number of carbonyl (C=O) groups is 1. The Morgan fingerprint density at radius 3 is 2.76 bits per heavy atom. The Kier molecular flexibility index (Phi) is 4.33. The molecule has 1 amide bonds. The van der Waals surface area contributed by atoms with Crippen molar-refractivity contribution in [1.29, 1.82) is 0 Å². The number of piperidine rings is 1. The maximum atomic E-state index is 12.7. The molecule has 0 spiro atoms. The number of hydrogen-bond acceptors (Lipinski definition) is 4. The van der Waals surface area contributed by atoms with Crippen LogP contribution in [0.5, 0.6) is 0 Å². The van der Waals surface area contributed by atoms with Gasteiger partial charge < -0.3 is 4.74 Å². The molecule has 0 aliphatic carbocycles. The van der Waals surface area contributed by atoms with Crippen molar-refractivity contribution in [2.75, 3.05) is 6.54 Å². The van der Waals surface area contributed by atoms with Gasteiger partial charge in [-0.15, -0.1) is 5.10 Å². The molecule has 1 aromatic heterocycles. The van der Waals surface area contributed by atoms with Gasteiger partial charge in [0.05, 0.1) is 5.52 Å². The molecule has 128 valence electrons. The van der Waals surface area contributed by atoms with Gasteiger partial charge in [-0.1, -0.05) is 47.7 Å². The summed E-state index contributed by atoms with van der Waals surface area (Å²) in [5.74, 6) is 0. The summed E-state index contributed by atoms with van der Waals surface area (Å²) in [6.45, 7) is 0.952. The van der Waals surface area contributed by atoms with Gasteiger partial charge >= 0.3 is 6.09 Å². The van der Waals surface area contributed by atoms with E-state index < -0.39 is 0 Å². The number of fused-ring (bicyclic) bond motifs is 1. The van der Waals surface area contributed by atoms with Gasteiger partial charge in [0.2, 0.25) is 0 Å². The highest BCUT2D eigenvalue weighted by Gasteiger charge is 2.31. The Morgan fingerprint density at radius 1 is 1.08 bits per heavy atom. The third-order valence-electron chi connectivity index (χ3n) is 4.57. The largest absolute Gasteiger partial charge is 0.444 e. The van der Waals surface area contributed by atoms with Gasteiger partial charge in [-0.05, 0) is 37.0 Å². The van der Waals surface area contributed by atoms with E-state index in [-0.39, 0.29) is 18.9 Å². The predicted molar refractivity (Wildman–Crippen MR) is 93.7 cm³/mol. The van der Waals surface area contributed by atoms with Gasteiger partial charge in [0.15, 0.2) is 0 Å². The molecule has 6 heteroatoms. The van der Waals surface area contributed by atoms with Crippen LogP contribution in [0.25, 0.3) is 11.0 Å². The van der Waals surface area contributed by atoms with Gasteiger partial charge in [-0.2, -0.15) is 0 Å². The minimum atomic E-state index is -0.298. The van der Waals surface area contributed by atoms with Gasteiger partial charge in [0.25, 0.3) is 0 Å². The van der Waals surface area contributed by atoms with Gasteiger partial charge in [0.1, 0.15) is 18.3 Å². The zero-order valence-corrected chi connectivity index (χ0v) is 13.9. The van der Waals surface area contributed by atoms with E-state index in [4.69, 9.17) is 4.74 Å². The Balaban J connectivity index is 1.53. The summed E-state index contributed by atoms with van der Waals surface area (Å²) in [6, 6.07) is 17.5. The Morgan fingerprint density at radius 2 is 1.88 bits per heavy atom. The number of likely N-dealkylation sites (tertiary alicyclic amines) is 1. The molecule has 1 unspecified atom stereocenters. The Bertz CT molecular complexity index is 862. The molecular weight excluding hydrogens is 316 g/mol. The maximum absolute atomic E-state index is 12.7. The van der Waals surface area contributed by atoms with E-state index in [1.807, 2.05) is 59.3 Å². The highest BCUT2D eigenvalue weighted by molar-refractivity contribution is 5.74. The number of hydrogen-bond donors (Lipinski definition) is 0. The van der Waals surface area contributed by atoms with Crippen molar-refractivity contribution in [3.63, 3.8) is 0 Å². The van der Waals surface area contributed by atoms with E-state index in [1.165, 1.54) is 0 Å². The van der Waals surface area contributed by atoms with Crippen LogP contribution in [-0.4, -0.2) is 32.5 Å². The van der Waals surface area contributed by atoms with Crippen molar-refractivity contribution in [2.24, 2.45) is 0 Å². The summed E-state index contributed by atoms with van der Waals surface area (Å²) >= 11 is 0. The number of carbonyl (C=O) groups excluding carboxylic acids is 1. The molecule has 2 aromatic carbocycles. The molecule has 1 fully saturated rings. The highest BCUT2D eigenvalue weighted by Crippen LogP contribution is 2.28. The fraction of sp³-hybridized carbons (Fsp3) is 0.316. The molecule has 3 aromatic rings. The third-order valence-corrected chi connectivity index (χ3v) is 4.57. The number of amides is 1. The SMILES string of the molecule is O=C(OCc1ccccc1)N1CCCCC1n1nnc2ccccc21. The molecule has 0 saturated carbocycles. The van der Waals surface area contributed by atoms with Gasteiger partial charge in [0, 0.05) is 6.54 Å². The summed E-state index contributed by atoms with van der Waals surface area (Å²) in [7, 11) is 0. The lowest BCUT2D eigenvalue weighted by atomic mass is 10.1. The molecule has 25 heavy (non-hydrogen) atoms. The van der Waals surface area contributed by atoms with E-state index in [9.17, 15) is 4.79 Å². The van der Waals surface area contributed by atoms with E-state index in [0.29, 0.717) is 6.54 Å². The minimum Gasteiger partial charge on any atom is -0.444 e. The summed E-state index contributed by atoms with van der Waals surface area (Å²) < 4.78 is 7.38. The van der Waals surface area contributed by atoms with Gasteiger partial charge in [-0.25, -0.2) is 9.48 Å². The lowest BCUT2D eigenvalue weighted by Crippen LogP contribution is -2.41. The fourth-order valence-electron chi connectivity index (χ4n) is 3.29. The fourth-order valence-corrected chi connectivity index (χ4v) is 3.29. The molecule has 1 aliphatic heterocycles. The number of nitrogens with zero attached hydrogens (tertiary/aromatic N) is 4. The lowest BCUT2D eigenvalue weighted by molar-refractivity contribution is 0.0448. The summed E-state index contributed by atoms with van der Waals surface area (Å²) in [6.07, 6.45) is 2.44. The average molecular weight is 336 g/mol. The Hall–Kier alpha value is -2.89. The first-order chi connectivity index (χ1) is 12.3. The first-order valence-corrected chi connectivity index (χ1v) is 8.60. The number of para-hydroxylation sites is 1. The van der Waals surface area contributed by atoms with E-state index in [2.05, 4.69) is 10.3 Å². The molecule has 1 aliphatic rings. The van der Waals surface area contributed by atoms with Crippen molar-refractivity contribution < 1.29 is 9.53 Å². The van der Waals surface area contributed by atoms with Crippen molar-refractivity contribution in [1.82, 2.24) is 19.9 Å². The van der Waals surface area contributed by atoms with Crippen molar-refractivity contribution in [3.05, 3.63) is 60.2 Å². The molecule has 1 atom stereocenters. The molecule has 1 saturated heterocycles. The molecule has 0 radical (unpaired) electrons. The van der Waals surface area contributed by atoms with Crippen molar-refractivity contribution >= 4 is 17.1 Å². The normalized spacial score (nSPS) is 17.6. The topological polar surface area (TPSA) is 60.2 Å². The van der Waals surface area contributed by atoms with Crippen LogP contribution in [0.2, 0.25) is 0 Å². The summed E-state index contributed by atoms with van der Waals surface area (Å²) in [4.78, 5) is 14.4. The van der Waals surface area contributed by atoms with Crippen LogP contribution in [0.4, 0.5) is 4.79 Å². The highest BCUT2D eigenvalue weighted by atomic mass is 16.6. The van der Waals surface area contributed by atoms with Crippen LogP contribution in [-0.2, 0) is 11.3 Å². The van der Waals surface area contributed by atoms with E-state index in [0.717, 1.165) is 35.9 Å². The van der Waals surface area contributed by atoms with Crippen molar-refractivity contribution in [2.45, 2.75) is 32.0 Å². The third kappa shape index (κ3) is 3.20. The van der Waals surface area contributed by atoms with Crippen LogP contribution < -0.4 is 0 Å². The molecule has 0 N–H and O–H groups in total. The van der Waals surface area contributed by atoms with Crippen LogP contribution in [0.3, 0.4) is 0 Å². The second-order valence-corrected chi connectivity index (χ2v) is 6.23. The first kappa shape index (κ1) is 15.6. The zero-order chi connectivity index (χ0) is 17.1. The average Bonchev–Trinajstić information content (AvgIpc) is 3.11. The smallest absolute Gasteiger partial charge is 0.411 e. The second-order valence-electron chi connectivity index (χ2n) is 6.23. The van der Waals surface area contributed by atoms with Crippen LogP contribution in [0, 0.1) is 0 Å². The van der Waals surface area contributed by atoms with Gasteiger partial charge in [-0.3, -0.25) is 4.90 Å². The predicted octanol–water partition coefficient (Wildman–Crippen LogP) is 3.75. The number of rotatable bonds is 3. The quantitative estimate of drug-likeness (QED) is 0.731. The molecular formula is C19H20N4O2. The molecule has 0 bridgehead atoms. The molecule has 2 heterocycles. The second kappa shape index (κ2) is 6.93. The minimum absolute atomic E-state index is 0.149. The number of benzene rings is 2. The van der Waals surface area contributed by atoms with Crippen LogP contribution in [0.1, 0.15) is 31.0 Å². The lowest BCUT2D eigenvalue weighted by Gasteiger charge is -2.34. The molecule has 4 rings (SSSR count). The first-order valence-electron chi connectivity index (χ1n) is 8.60. The summed E-state index contributed by atoms with van der Waals surface area (Å²) in [5.41, 5.74) is 2.76. The van der Waals surface area contributed by atoms with Crippen molar-refractivity contribution in [3.8, 4) is 0 Å². The Labute approximate surface area is 146 Å². The van der Waals surface area contributed by atoms with Crippen LogP contribution in [0.15, 0.2) is 54.6 Å². The van der Waals surface area contributed by atoms with E-state index in [1.54, 1.807) is 4.90 Å². The van der Waals surface area contributed by atoms with Crippen LogP contribution >= 0.6 is 0 Å². The monoisotopic (exact) mass is 336 g/mol. The zero-order valence-electron chi connectivity index (χ0n) is 13.9. The number of ether oxygens (including phenoxy) is 1. The summed E-state index contributed by atoms with van der Waals surface area (Å²) in [5, 5.41) is 8.50.